The van der Waals surface area contributed by atoms with Crippen LogP contribution in [0.4, 0.5) is 0 Å². The van der Waals surface area contributed by atoms with E-state index in [0.29, 0.717) is 11.5 Å². The topological polar surface area (TPSA) is 85.8 Å². The minimum absolute atomic E-state index is 0.152. The Balaban J connectivity index is 2.43. The van der Waals surface area contributed by atoms with E-state index in [0.717, 1.165) is 5.56 Å². The Morgan fingerprint density at radius 1 is 1.50 bits per heavy atom. The van der Waals surface area contributed by atoms with Crippen LogP contribution in [0.5, 0.6) is 0 Å². The molecular formula is C12H15N5O. The highest BCUT2D eigenvalue weighted by molar-refractivity contribution is 5.91. The Hall–Kier alpha value is -2.21. The number of carbonyl (C=O) groups is 1. The van der Waals surface area contributed by atoms with Crippen molar-refractivity contribution in [3.63, 3.8) is 0 Å². The fourth-order valence-corrected chi connectivity index (χ4v) is 1.65. The van der Waals surface area contributed by atoms with E-state index in [4.69, 9.17) is 5.73 Å². The van der Waals surface area contributed by atoms with Crippen molar-refractivity contribution in [1.82, 2.24) is 20.1 Å². The van der Waals surface area contributed by atoms with Crippen LogP contribution >= 0.6 is 0 Å². The lowest BCUT2D eigenvalue weighted by Crippen LogP contribution is -2.19. The van der Waals surface area contributed by atoms with Crippen LogP contribution in [-0.2, 0) is 0 Å². The zero-order chi connectivity index (χ0) is 13.1. The van der Waals surface area contributed by atoms with Crippen molar-refractivity contribution in [2.75, 3.05) is 7.05 Å². The maximum atomic E-state index is 11.4. The van der Waals surface area contributed by atoms with Gasteiger partial charge in [0.1, 0.15) is 0 Å². The second-order valence-corrected chi connectivity index (χ2v) is 3.93. The third-order valence-corrected chi connectivity index (χ3v) is 2.57. The molecule has 1 amide bonds. The second-order valence-electron chi connectivity index (χ2n) is 3.93. The number of amides is 1. The molecule has 2 rings (SSSR count). The summed E-state index contributed by atoms with van der Waals surface area (Å²) >= 11 is 0. The third-order valence-electron chi connectivity index (χ3n) is 2.57. The minimum atomic E-state index is -0.230. The van der Waals surface area contributed by atoms with Gasteiger partial charge in [-0.05, 0) is 19.1 Å². The molecule has 94 valence electrons. The SMILES string of the molecule is CNC(=O)c1ccn(-c2ncccc2[C@@H](C)N)n1. The number of nitrogens with one attached hydrogen (secondary N) is 1. The zero-order valence-corrected chi connectivity index (χ0v) is 10.3. The van der Waals surface area contributed by atoms with Crippen LogP contribution in [0.1, 0.15) is 29.0 Å². The predicted molar refractivity (Wildman–Crippen MR) is 67.4 cm³/mol. The number of pyridine rings is 1. The van der Waals surface area contributed by atoms with Crippen LogP contribution in [0.15, 0.2) is 30.6 Å². The summed E-state index contributed by atoms with van der Waals surface area (Å²) in [4.78, 5) is 15.7. The first-order valence-electron chi connectivity index (χ1n) is 5.62. The second kappa shape index (κ2) is 4.97. The van der Waals surface area contributed by atoms with Crippen molar-refractivity contribution in [2.45, 2.75) is 13.0 Å². The van der Waals surface area contributed by atoms with E-state index in [2.05, 4.69) is 15.4 Å². The molecule has 2 aromatic rings. The molecule has 2 heterocycles. The molecule has 0 saturated heterocycles. The summed E-state index contributed by atoms with van der Waals surface area (Å²) in [5.41, 5.74) is 7.11. The van der Waals surface area contributed by atoms with Crippen LogP contribution in [0.3, 0.4) is 0 Å². The van der Waals surface area contributed by atoms with Crippen molar-refractivity contribution in [2.24, 2.45) is 5.73 Å². The first-order chi connectivity index (χ1) is 8.63. The molecule has 0 radical (unpaired) electrons. The van der Waals surface area contributed by atoms with E-state index in [1.165, 1.54) is 0 Å². The van der Waals surface area contributed by atoms with Gasteiger partial charge in [0.25, 0.3) is 5.91 Å². The van der Waals surface area contributed by atoms with E-state index in [-0.39, 0.29) is 11.9 Å². The summed E-state index contributed by atoms with van der Waals surface area (Å²) in [7, 11) is 1.56. The van der Waals surface area contributed by atoms with Gasteiger partial charge in [-0.15, -0.1) is 0 Å². The van der Waals surface area contributed by atoms with Gasteiger partial charge in [-0.25, -0.2) is 9.67 Å². The monoisotopic (exact) mass is 245 g/mol. The van der Waals surface area contributed by atoms with Gasteiger partial charge in [0.05, 0.1) is 0 Å². The Bertz CT molecular complexity index is 561. The van der Waals surface area contributed by atoms with Gasteiger partial charge in [-0.3, -0.25) is 4.79 Å². The van der Waals surface area contributed by atoms with Gasteiger partial charge in [0, 0.05) is 31.0 Å². The van der Waals surface area contributed by atoms with Crippen LogP contribution in [-0.4, -0.2) is 27.7 Å². The van der Waals surface area contributed by atoms with Crippen LogP contribution in [0.25, 0.3) is 5.82 Å². The fourth-order valence-electron chi connectivity index (χ4n) is 1.65. The summed E-state index contributed by atoms with van der Waals surface area (Å²) in [6.07, 6.45) is 3.36. The van der Waals surface area contributed by atoms with Gasteiger partial charge < -0.3 is 11.1 Å². The summed E-state index contributed by atoms with van der Waals surface area (Å²) < 4.78 is 1.56. The molecule has 0 bridgehead atoms. The molecule has 0 saturated carbocycles. The highest BCUT2D eigenvalue weighted by atomic mass is 16.1. The van der Waals surface area contributed by atoms with Crippen molar-refractivity contribution >= 4 is 5.91 Å². The molecule has 6 heteroatoms. The smallest absolute Gasteiger partial charge is 0.271 e. The predicted octanol–water partition coefficient (Wildman–Crippen LogP) is 0.647. The third kappa shape index (κ3) is 2.23. The van der Waals surface area contributed by atoms with Crippen molar-refractivity contribution in [3.05, 3.63) is 41.9 Å². The van der Waals surface area contributed by atoms with E-state index in [1.54, 1.807) is 30.2 Å². The summed E-state index contributed by atoms with van der Waals surface area (Å²) in [5, 5.41) is 6.70. The summed E-state index contributed by atoms with van der Waals surface area (Å²) in [6.45, 7) is 1.88. The number of rotatable bonds is 3. The molecule has 0 aliphatic heterocycles. The quantitative estimate of drug-likeness (QED) is 0.831. The lowest BCUT2D eigenvalue weighted by atomic mass is 10.1. The fraction of sp³-hybridized carbons (Fsp3) is 0.250. The lowest BCUT2D eigenvalue weighted by Gasteiger charge is -2.10. The number of aromatic nitrogens is 3. The minimum Gasteiger partial charge on any atom is -0.354 e. The Morgan fingerprint density at radius 2 is 2.28 bits per heavy atom. The van der Waals surface area contributed by atoms with Gasteiger partial charge in [0.2, 0.25) is 0 Å². The maximum Gasteiger partial charge on any atom is 0.271 e. The van der Waals surface area contributed by atoms with Gasteiger partial charge in [-0.1, -0.05) is 6.07 Å². The molecule has 0 fully saturated rings. The van der Waals surface area contributed by atoms with Gasteiger partial charge >= 0.3 is 0 Å². The number of nitrogens with zero attached hydrogens (tertiary/aromatic N) is 3. The van der Waals surface area contributed by atoms with E-state index in [9.17, 15) is 4.79 Å². The van der Waals surface area contributed by atoms with Gasteiger partial charge in [0.15, 0.2) is 11.5 Å². The van der Waals surface area contributed by atoms with Crippen molar-refractivity contribution in [3.8, 4) is 5.82 Å². The van der Waals surface area contributed by atoms with Crippen molar-refractivity contribution < 1.29 is 4.79 Å². The molecule has 0 spiro atoms. The Labute approximate surface area is 105 Å². The maximum absolute atomic E-state index is 11.4. The Morgan fingerprint density at radius 3 is 2.94 bits per heavy atom. The molecule has 0 unspecified atom stereocenters. The van der Waals surface area contributed by atoms with Crippen LogP contribution in [0.2, 0.25) is 0 Å². The van der Waals surface area contributed by atoms with E-state index < -0.39 is 0 Å². The first kappa shape index (κ1) is 12.3. The zero-order valence-electron chi connectivity index (χ0n) is 10.3. The number of carbonyl (C=O) groups excluding carboxylic acids is 1. The standard InChI is InChI=1S/C12H15N5O/c1-8(13)9-4-3-6-15-11(9)17-7-5-10(16-17)12(18)14-2/h3-8H,13H2,1-2H3,(H,14,18)/t8-/m1/s1. The lowest BCUT2D eigenvalue weighted by molar-refractivity contribution is 0.0957. The van der Waals surface area contributed by atoms with E-state index in [1.807, 2.05) is 19.1 Å². The molecule has 2 aromatic heterocycles. The van der Waals surface area contributed by atoms with E-state index >= 15 is 0 Å². The first-order valence-corrected chi connectivity index (χ1v) is 5.62. The molecule has 0 aliphatic carbocycles. The highest BCUT2D eigenvalue weighted by Gasteiger charge is 2.13. The van der Waals surface area contributed by atoms with Crippen LogP contribution in [0, 0.1) is 0 Å². The van der Waals surface area contributed by atoms with Gasteiger partial charge in [-0.2, -0.15) is 5.10 Å². The highest BCUT2D eigenvalue weighted by Crippen LogP contribution is 2.16. The number of hydrogen-bond acceptors (Lipinski definition) is 4. The number of hydrogen-bond donors (Lipinski definition) is 2. The molecule has 0 aliphatic rings. The summed E-state index contributed by atoms with van der Waals surface area (Å²) in [6, 6.07) is 5.21. The Kier molecular flexibility index (Phi) is 3.38. The molecule has 6 nitrogen and oxygen atoms in total. The molecule has 18 heavy (non-hydrogen) atoms. The summed E-state index contributed by atoms with van der Waals surface area (Å²) in [5.74, 6) is 0.412. The molecule has 1 atom stereocenters. The normalized spacial score (nSPS) is 12.2. The molecule has 3 N–H and O–H groups in total. The molecule has 0 aromatic carbocycles. The molecular weight excluding hydrogens is 230 g/mol. The average Bonchev–Trinajstić information content (AvgIpc) is 2.87. The average molecular weight is 245 g/mol. The van der Waals surface area contributed by atoms with Crippen LogP contribution < -0.4 is 11.1 Å². The van der Waals surface area contributed by atoms with Crippen molar-refractivity contribution in [1.29, 1.82) is 0 Å². The largest absolute Gasteiger partial charge is 0.354 e. The number of nitrogens with two attached hydrogens (primary N) is 1.